The molecule has 2 unspecified atom stereocenters. The van der Waals surface area contributed by atoms with Crippen LogP contribution in [-0.4, -0.2) is 33.9 Å². The van der Waals surface area contributed by atoms with Crippen LogP contribution >= 0.6 is 11.3 Å². The van der Waals surface area contributed by atoms with Crippen molar-refractivity contribution in [3.8, 4) is 32.2 Å². The number of aliphatic carboxylic acids is 1. The molecule has 0 saturated heterocycles. The first-order valence-electron chi connectivity index (χ1n) is 14.4. The van der Waals surface area contributed by atoms with Gasteiger partial charge in [0.05, 0.1) is 0 Å². The van der Waals surface area contributed by atoms with Gasteiger partial charge in [0, 0.05) is 26.6 Å². The van der Waals surface area contributed by atoms with Gasteiger partial charge >= 0.3 is 12.1 Å². The zero-order valence-corrected chi connectivity index (χ0v) is 26.0. The lowest BCUT2D eigenvalue weighted by Gasteiger charge is -2.19. The maximum Gasteiger partial charge on any atom is 0.412 e. The number of aliphatic hydroxyl groups is 1. The van der Waals surface area contributed by atoms with Crippen molar-refractivity contribution in [2.75, 3.05) is 5.32 Å². The van der Waals surface area contributed by atoms with Crippen molar-refractivity contribution >= 4 is 29.1 Å². The number of thiophene rings is 1. The molecule has 0 bridgehead atoms. The number of aliphatic hydroxyl groups excluding tert-OH is 1. The van der Waals surface area contributed by atoms with Gasteiger partial charge in [0.2, 0.25) is 0 Å². The van der Waals surface area contributed by atoms with E-state index in [1.807, 2.05) is 24.3 Å². The molecule has 8 nitrogen and oxygen atoms in total. The van der Waals surface area contributed by atoms with Crippen LogP contribution in [0.1, 0.15) is 38.3 Å². The maximum absolute atomic E-state index is 15.3. The molecule has 0 fully saturated rings. The van der Waals surface area contributed by atoms with Crippen molar-refractivity contribution in [1.29, 1.82) is 0 Å². The average Bonchev–Trinajstić information content (AvgIpc) is 3.68. The van der Waals surface area contributed by atoms with E-state index >= 15 is 4.39 Å². The number of amides is 1. The minimum atomic E-state index is -1.45. The first-order valence-corrected chi connectivity index (χ1v) is 15.2. The largest absolute Gasteiger partial charge is 0.480 e. The van der Waals surface area contributed by atoms with E-state index in [9.17, 15) is 24.2 Å². The molecule has 0 aliphatic heterocycles. The second-order valence-electron chi connectivity index (χ2n) is 11.6. The van der Waals surface area contributed by atoms with Gasteiger partial charge in [-0.3, -0.25) is 15.4 Å². The number of nitrogens with one attached hydrogen (secondary N) is 2. The second-order valence-corrected chi connectivity index (χ2v) is 12.6. The summed E-state index contributed by atoms with van der Waals surface area (Å²) in [6, 6.07) is 22.9. The maximum atomic E-state index is 15.3. The Balaban J connectivity index is 1.23. The van der Waals surface area contributed by atoms with Crippen LogP contribution in [0.25, 0.3) is 32.2 Å². The molecule has 0 aliphatic rings. The van der Waals surface area contributed by atoms with Crippen LogP contribution in [-0.2, 0) is 16.0 Å². The van der Waals surface area contributed by atoms with Crippen LogP contribution in [0.4, 0.5) is 19.3 Å². The second kappa shape index (κ2) is 13.7. The number of hydrogen-bond acceptors (Lipinski definition) is 7. The quantitative estimate of drug-likeness (QED) is 0.113. The van der Waals surface area contributed by atoms with Crippen LogP contribution in [0.5, 0.6) is 0 Å². The molecule has 4 N–H and O–H groups in total. The zero-order valence-electron chi connectivity index (χ0n) is 25.2. The lowest BCUT2D eigenvalue weighted by molar-refractivity contribution is -0.140. The molecular weight excluding hydrogens is 614 g/mol. The van der Waals surface area contributed by atoms with Gasteiger partial charge in [0.1, 0.15) is 34.8 Å². The third-order valence-corrected chi connectivity index (χ3v) is 8.01. The average molecular weight is 647 g/mol. The number of rotatable bonds is 10. The number of benzene rings is 3. The molecule has 238 valence electrons. The number of carbonyl (C=O) groups is 2. The highest BCUT2D eigenvalue weighted by atomic mass is 32.1. The fourth-order valence-corrected chi connectivity index (χ4v) is 5.70. The third-order valence-electron chi connectivity index (χ3n) is 6.84. The summed E-state index contributed by atoms with van der Waals surface area (Å²) in [4.78, 5) is 25.6. The van der Waals surface area contributed by atoms with E-state index < -0.39 is 41.6 Å². The summed E-state index contributed by atoms with van der Waals surface area (Å²) < 4.78 is 39.5. The summed E-state index contributed by atoms with van der Waals surface area (Å²) in [5.74, 6) is -1.69. The third kappa shape index (κ3) is 8.25. The van der Waals surface area contributed by atoms with E-state index in [0.717, 1.165) is 10.4 Å². The summed E-state index contributed by atoms with van der Waals surface area (Å²) in [5, 5.41) is 25.7. The van der Waals surface area contributed by atoms with Gasteiger partial charge in [-0.2, -0.15) is 0 Å². The molecular formula is C35H32F2N2O6S. The minimum absolute atomic E-state index is 0.0783. The van der Waals surface area contributed by atoms with Crippen molar-refractivity contribution in [3.63, 3.8) is 0 Å². The summed E-state index contributed by atoms with van der Waals surface area (Å²) in [5.41, 5.74) is 2.24. The smallest absolute Gasteiger partial charge is 0.412 e. The van der Waals surface area contributed by atoms with E-state index in [1.54, 1.807) is 51.1 Å². The molecule has 0 spiro atoms. The van der Waals surface area contributed by atoms with Crippen LogP contribution < -0.4 is 10.6 Å². The normalized spacial score (nSPS) is 12.8. The summed E-state index contributed by atoms with van der Waals surface area (Å²) in [6.07, 6.45) is -2.10. The molecule has 11 heteroatoms. The van der Waals surface area contributed by atoms with E-state index in [-0.39, 0.29) is 12.2 Å². The van der Waals surface area contributed by atoms with Crippen molar-refractivity contribution in [2.45, 2.75) is 45.1 Å². The van der Waals surface area contributed by atoms with Crippen molar-refractivity contribution < 1.29 is 37.7 Å². The van der Waals surface area contributed by atoms with E-state index in [4.69, 9.17) is 9.15 Å². The van der Waals surface area contributed by atoms with Crippen molar-refractivity contribution in [3.05, 3.63) is 114 Å². The molecule has 3 aromatic carbocycles. The van der Waals surface area contributed by atoms with Gasteiger partial charge in [0.15, 0.2) is 6.23 Å². The lowest BCUT2D eigenvalue weighted by Crippen LogP contribution is -2.40. The molecule has 2 aromatic heterocycles. The highest BCUT2D eigenvalue weighted by Crippen LogP contribution is 2.36. The molecule has 0 saturated carbocycles. The summed E-state index contributed by atoms with van der Waals surface area (Å²) >= 11 is 1.39. The molecule has 0 radical (unpaired) electrons. The highest BCUT2D eigenvalue weighted by molar-refractivity contribution is 7.18. The Morgan fingerprint density at radius 1 is 0.891 bits per heavy atom. The van der Waals surface area contributed by atoms with Crippen LogP contribution in [0, 0.1) is 11.6 Å². The first-order chi connectivity index (χ1) is 21.8. The van der Waals surface area contributed by atoms with E-state index in [1.165, 1.54) is 47.7 Å². The molecule has 1 amide bonds. The minimum Gasteiger partial charge on any atom is -0.480 e. The fraction of sp³-hybridized carbons (Fsp3) is 0.200. The van der Waals surface area contributed by atoms with Crippen LogP contribution in [0.2, 0.25) is 0 Å². The number of ether oxygens (including phenoxy) is 1. The fourth-order valence-electron chi connectivity index (χ4n) is 4.66. The van der Waals surface area contributed by atoms with Crippen molar-refractivity contribution in [1.82, 2.24) is 5.32 Å². The Morgan fingerprint density at radius 2 is 1.57 bits per heavy atom. The number of carboxylic acid groups (broad SMARTS) is 1. The standard InChI is InChI=1S/C35H32F2N2O6S/c1-35(2,3)45-34(43)38-24-11-7-22(8-12-24)30-16-17-31(46-30)25-13-4-20(18-26(25)37)19-27(33(41)42)39-32(40)29-15-14-28(44-29)21-5-9-23(36)10-6-21/h4-18,27,32,39-40H,19H2,1-3H3,(H,38,43)(H,41,42). The van der Waals surface area contributed by atoms with Gasteiger partial charge in [0.25, 0.3) is 0 Å². The van der Waals surface area contributed by atoms with E-state index in [2.05, 4.69) is 10.6 Å². The number of carboxylic acids is 1. The first kappa shape index (κ1) is 32.6. The topological polar surface area (TPSA) is 121 Å². The molecule has 5 rings (SSSR count). The lowest BCUT2D eigenvalue weighted by atomic mass is 10.0. The predicted octanol–water partition coefficient (Wildman–Crippen LogP) is 8.24. The Hall–Kier alpha value is -4.84. The zero-order chi connectivity index (χ0) is 33.0. The van der Waals surface area contributed by atoms with Crippen LogP contribution in [0.15, 0.2) is 95.4 Å². The number of halogens is 2. The van der Waals surface area contributed by atoms with Crippen LogP contribution in [0.3, 0.4) is 0 Å². The predicted molar refractivity (Wildman–Crippen MR) is 172 cm³/mol. The Bertz CT molecular complexity index is 1830. The number of carbonyl (C=O) groups excluding carboxylic acids is 1. The molecule has 5 aromatic rings. The Labute approximate surface area is 268 Å². The van der Waals surface area contributed by atoms with Gasteiger partial charge in [-0.05, 0) is 105 Å². The van der Waals surface area contributed by atoms with Crippen molar-refractivity contribution in [2.24, 2.45) is 0 Å². The summed E-state index contributed by atoms with van der Waals surface area (Å²) in [6.45, 7) is 5.36. The molecule has 46 heavy (non-hydrogen) atoms. The summed E-state index contributed by atoms with van der Waals surface area (Å²) in [7, 11) is 0. The molecule has 2 atom stereocenters. The number of anilines is 1. The Morgan fingerprint density at radius 3 is 2.22 bits per heavy atom. The van der Waals surface area contributed by atoms with E-state index in [0.29, 0.717) is 33.0 Å². The van der Waals surface area contributed by atoms with Gasteiger partial charge in [-0.25, -0.2) is 13.6 Å². The Kier molecular flexibility index (Phi) is 9.66. The van der Waals surface area contributed by atoms with Gasteiger partial charge in [-0.1, -0.05) is 24.3 Å². The number of hydrogen-bond donors (Lipinski definition) is 4. The SMILES string of the molecule is CC(C)(C)OC(=O)Nc1ccc(-c2ccc(-c3ccc(CC(NC(O)c4ccc(-c5ccc(F)cc5)o4)C(=O)O)cc3F)s2)cc1. The molecule has 2 heterocycles. The highest BCUT2D eigenvalue weighted by Gasteiger charge is 2.24. The van der Waals surface area contributed by atoms with Gasteiger partial charge < -0.3 is 19.4 Å². The number of furan rings is 1. The molecule has 0 aliphatic carbocycles. The van der Waals surface area contributed by atoms with Gasteiger partial charge in [-0.15, -0.1) is 11.3 Å². The monoisotopic (exact) mass is 646 g/mol.